The number of hydrogen-bond donors (Lipinski definition) is 1. The van der Waals surface area contributed by atoms with Crippen molar-refractivity contribution in [1.82, 2.24) is 24.5 Å². The highest BCUT2D eigenvalue weighted by molar-refractivity contribution is 6.07. The molecule has 0 bridgehead atoms. The zero-order valence-corrected chi connectivity index (χ0v) is 21.3. The summed E-state index contributed by atoms with van der Waals surface area (Å²) in [5.41, 5.74) is 9.70. The summed E-state index contributed by atoms with van der Waals surface area (Å²) in [5.74, 6) is 0.428. The first-order valence-electron chi connectivity index (χ1n) is 13.2. The minimum Gasteiger partial charge on any atom is -0.388 e. The van der Waals surface area contributed by atoms with E-state index in [2.05, 4.69) is 63.4 Å². The van der Waals surface area contributed by atoms with Crippen LogP contribution in [0.2, 0.25) is 0 Å². The molecule has 0 amide bonds. The van der Waals surface area contributed by atoms with Crippen molar-refractivity contribution in [2.45, 2.75) is 44.8 Å². The van der Waals surface area contributed by atoms with Crippen molar-refractivity contribution in [1.29, 1.82) is 0 Å². The maximum absolute atomic E-state index is 10.8. The van der Waals surface area contributed by atoms with Gasteiger partial charge < -0.3 is 14.4 Å². The molecule has 5 aromatic rings. The molecule has 1 aliphatic carbocycles. The van der Waals surface area contributed by atoms with E-state index in [4.69, 9.17) is 9.72 Å². The molecule has 7 rings (SSSR count). The molecule has 7 heteroatoms. The second-order valence-corrected chi connectivity index (χ2v) is 10.5. The highest BCUT2D eigenvalue weighted by atomic mass is 16.5. The Kier molecular flexibility index (Phi) is 5.37. The molecule has 188 valence electrons. The van der Waals surface area contributed by atoms with E-state index in [1.54, 1.807) is 0 Å². The Bertz CT molecular complexity index is 1590. The van der Waals surface area contributed by atoms with E-state index in [9.17, 15) is 5.11 Å². The first kappa shape index (κ1) is 22.6. The molecule has 4 heterocycles. The fourth-order valence-electron chi connectivity index (χ4n) is 6.59. The van der Waals surface area contributed by atoms with Crippen LogP contribution in [0.3, 0.4) is 0 Å². The van der Waals surface area contributed by atoms with Gasteiger partial charge in [0.25, 0.3) is 0 Å². The van der Waals surface area contributed by atoms with Crippen molar-refractivity contribution < 1.29 is 9.84 Å². The Morgan fingerprint density at radius 3 is 2.59 bits per heavy atom. The van der Waals surface area contributed by atoms with Crippen molar-refractivity contribution in [2.75, 3.05) is 13.2 Å². The normalized spacial score (nSPS) is 19.1. The molecule has 1 aliphatic heterocycles. The van der Waals surface area contributed by atoms with Crippen molar-refractivity contribution in [3.63, 3.8) is 0 Å². The van der Waals surface area contributed by atoms with Crippen LogP contribution in [-0.2, 0) is 18.2 Å². The summed E-state index contributed by atoms with van der Waals surface area (Å²) >= 11 is 0. The zero-order chi connectivity index (χ0) is 25.1. The number of aliphatic hydroxyl groups is 1. The molecule has 2 unspecified atom stereocenters. The number of rotatable bonds is 4. The third-order valence-corrected chi connectivity index (χ3v) is 8.35. The lowest BCUT2D eigenvalue weighted by Gasteiger charge is -2.33. The lowest BCUT2D eigenvalue weighted by molar-refractivity contribution is 0.0553. The Hall–Kier alpha value is -3.55. The summed E-state index contributed by atoms with van der Waals surface area (Å²) < 4.78 is 10.1. The summed E-state index contributed by atoms with van der Waals surface area (Å²) in [6, 6.07) is 17.7. The highest BCUT2D eigenvalue weighted by Crippen LogP contribution is 2.43. The van der Waals surface area contributed by atoms with Crippen LogP contribution in [0.15, 0.2) is 54.7 Å². The Labute approximate surface area is 215 Å². The Morgan fingerprint density at radius 2 is 1.84 bits per heavy atom. The number of ether oxygens (including phenoxy) is 1. The maximum atomic E-state index is 10.8. The fraction of sp³-hybridized carbons (Fsp3) is 0.367. The average molecular weight is 494 g/mol. The zero-order valence-electron chi connectivity index (χ0n) is 21.3. The fourth-order valence-corrected chi connectivity index (χ4v) is 6.59. The minimum absolute atomic E-state index is 0.129. The van der Waals surface area contributed by atoms with E-state index in [1.165, 1.54) is 11.1 Å². The molecule has 3 aromatic heterocycles. The molecule has 1 saturated heterocycles. The van der Waals surface area contributed by atoms with Crippen molar-refractivity contribution in [2.24, 2.45) is 13.0 Å². The molecule has 2 aromatic carbocycles. The third-order valence-electron chi connectivity index (χ3n) is 8.35. The van der Waals surface area contributed by atoms with Gasteiger partial charge in [-0.15, -0.1) is 5.10 Å². The van der Waals surface area contributed by atoms with E-state index in [-0.39, 0.29) is 6.04 Å². The van der Waals surface area contributed by atoms with Gasteiger partial charge in [-0.1, -0.05) is 35.5 Å². The summed E-state index contributed by atoms with van der Waals surface area (Å²) in [7, 11) is 1.93. The van der Waals surface area contributed by atoms with Gasteiger partial charge in [0, 0.05) is 37.4 Å². The van der Waals surface area contributed by atoms with Gasteiger partial charge in [-0.3, -0.25) is 4.98 Å². The number of fused-ring (bicyclic) bond motifs is 4. The monoisotopic (exact) mass is 493 g/mol. The number of aliphatic hydroxyl groups excluding tert-OH is 1. The average Bonchev–Trinajstić information content (AvgIpc) is 3.57. The SMILES string of the molecule is Cc1nnn(C)c1-c1cnc2c3cc4c(cc3n(C(c3ccccc3)C3CCOCC3)c2c1)C(O)CC4. The van der Waals surface area contributed by atoms with E-state index in [0.29, 0.717) is 5.92 Å². The van der Waals surface area contributed by atoms with Gasteiger partial charge in [0.05, 0.1) is 40.1 Å². The van der Waals surface area contributed by atoms with E-state index in [0.717, 1.165) is 83.3 Å². The van der Waals surface area contributed by atoms with Gasteiger partial charge in [0.2, 0.25) is 0 Å². The summed E-state index contributed by atoms with van der Waals surface area (Å²) in [5, 5.41) is 20.5. The molecule has 1 N–H and O–H groups in total. The van der Waals surface area contributed by atoms with Crippen LogP contribution in [0.4, 0.5) is 0 Å². The van der Waals surface area contributed by atoms with Gasteiger partial charge in [0.15, 0.2) is 0 Å². The summed E-state index contributed by atoms with van der Waals surface area (Å²) in [4.78, 5) is 5.06. The molecular weight excluding hydrogens is 462 g/mol. The van der Waals surface area contributed by atoms with Gasteiger partial charge in [-0.2, -0.15) is 0 Å². The van der Waals surface area contributed by atoms with Crippen LogP contribution in [-0.4, -0.2) is 42.9 Å². The topological polar surface area (TPSA) is 78.0 Å². The molecular formula is C30H31N5O2. The third kappa shape index (κ3) is 3.60. The van der Waals surface area contributed by atoms with E-state index >= 15 is 0 Å². The van der Waals surface area contributed by atoms with Crippen LogP contribution in [0, 0.1) is 12.8 Å². The van der Waals surface area contributed by atoms with E-state index in [1.807, 2.05) is 24.9 Å². The standard InChI is InChI=1S/C30H31N5O2/c1-18-29(34(2)33-32-18)22-15-26-28(31-17-22)24-14-21-8-9-27(36)23(21)16-25(24)35(26)30(19-6-4-3-5-7-19)20-10-12-37-13-11-20/h3-7,14-17,20,27,30,36H,8-13H2,1-2H3. The Morgan fingerprint density at radius 1 is 1.03 bits per heavy atom. The Balaban J connectivity index is 1.56. The molecule has 2 atom stereocenters. The number of nitrogens with zero attached hydrogens (tertiary/aromatic N) is 5. The predicted octanol–water partition coefficient (Wildman–Crippen LogP) is 5.29. The second kappa shape index (κ2) is 8.78. The van der Waals surface area contributed by atoms with E-state index < -0.39 is 6.10 Å². The van der Waals surface area contributed by atoms with Gasteiger partial charge in [0.1, 0.15) is 0 Å². The minimum atomic E-state index is -0.407. The number of pyridine rings is 1. The smallest absolute Gasteiger partial charge is 0.0960 e. The van der Waals surface area contributed by atoms with Crippen molar-refractivity contribution in [3.05, 3.63) is 77.1 Å². The van der Waals surface area contributed by atoms with Gasteiger partial charge in [-0.05, 0) is 73.4 Å². The van der Waals surface area contributed by atoms with Crippen LogP contribution >= 0.6 is 0 Å². The lowest BCUT2D eigenvalue weighted by Crippen LogP contribution is -2.27. The highest BCUT2D eigenvalue weighted by Gasteiger charge is 2.32. The summed E-state index contributed by atoms with van der Waals surface area (Å²) in [6.45, 7) is 3.55. The van der Waals surface area contributed by atoms with Crippen molar-refractivity contribution >= 4 is 21.9 Å². The number of hydrogen-bond acceptors (Lipinski definition) is 5. The number of benzene rings is 2. The molecule has 2 aliphatic rings. The molecule has 7 nitrogen and oxygen atoms in total. The molecule has 0 spiro atoms. The molecule has 0 saturated carbocycles. The van der Waals surface area contributed by atoms with Crippen LogP contribution in [0.1, 0.15) is 53.8 Å². The molecule has 1 fully saturated rings. The maximum Gasteiger partial charge on any atom is 0.0960 e. The van der Waals surface area contributed by atoms with Crippen LogP contribution in [0.25, 0.3) is 33.2 Å². The van der Waals surface area contributed by atoms with Gasteiger partial charge >= 0.3 is 0 Å². The number of aromatic nitrogens is 5. The van der Waals surface area contributed by atoms with Crippen LogP contribution < -0.4 is 0 Å². The molecule has 0 radical (unpaired) electrons. The van der Waals surface area contributed by atoms with Crippen molar-refractivity contribution in [3.8, 4) is 11.3 Å². The lowest BCUT2D eigenvalue weighted by atomic mass is 9.86. The van der Waals surface area contributed by atoms with Crippen LogP contribution in [0.5, 0.6) is 0 Å². The largest absolute Gasteiger partial charge is 0.388 e. The van der Waals surface area contributed by atoms with Gasteiger partial charge in [-0.25, -0.2) is 4.68 Å². The summed E-state index contributed by atoms with van der Waals surface area (Å²) in [6.07, 6.45) is 5.24. The quantitative estimate of drug-likeness (QED) is 0.368. The molecule has 37 heavy (non-hydrogen) atoms. The number of aryl methyl sites for hydroxylation is 3. The first-order chi connectivity index (χ1) is 18.1. The first-order valence-corrected chi connectivity index (χ1v) is 13.2. The second-order valence-electron chi connectivity index (χ2n) is 10.5. The predicted molar refractivity (Wildman–Crippen MR) is 143 cm³/mol.